The molecule has 0 amide bonds. The van der Waals surface area contributed by atoms with E-state index in [1.807, 2.05) is 26.2 Å². The van der Waals surface area contributed by atoms with Crippen LogP contribution in [0.25, 0.3) is 0 Å². The Balaban J connectivity index is 2.07. The second-order valence-corrected chi connectivity index (χ2v) is 5.06. The molecule has 6 heteroatoms. The van der Waals surface area contributed by atoms with Crippen LogP contribution in [0.4, 0.5) is 5.95 Å². The van der Waals surface area contributed by atoms with Crippen molar-refractivity contribution in [1.29, 1.82) is 0 Å². The predicted octanol–water partition coefficient (Wildman–Crippen LogP) is 2.21. The predicted molar refractivity (Wildman–Crippen MR) is 86.5 cm³/mol. The molecule has 1 aromatic carbocycles. The highest BCUT2D eigenvalue weighted by atomic mass is 16.5. The van der Waals surface area contributed by atoms with Gasteiger partial charge in [-0.3, -0.25) is 0 Å². The highest BCUT2D eigenvalue weighted by Crippen LogP contribution is 2.21. The summed E-state index contributed by atoms with van der Waals surface area (Å²) in [5, 5.41) is 3.25. The molecule has 0 radical (unpaired) electrons. The third-order valence-electron chi connectivity index (χ3n) is 3.42. The lowest BCUT2D eigenvalue weighted by molar-refractivity contribution is 0.311. The minimum atomic E-state index is 0.195. The van der Waals surface area contributed by atoms with Crippen LogP contribution < -0.4 is 14.8 Å². The molecule has 22 heavy (non-hydrogen) atoms. The maximum absolute atomic E-state index is 5.20. The highest BCUT2D eigenvalue weighted by molar-refractivity contribution is 5.32. The summed E-state index contributed by atoms with van der Waals surface area (Å²) in [6.07, 6.45) is 1.67. The van der Waals surface area contributed by atoms with E-state index in [0.717, 1.165) is 5.75 Å². The summed E-state index contributed by atoms with van der Waals surface area (Å²) >= 11 is 0. The standard InChI is InChI=1S/C16H22N4O2/c1-20(2)14(12-5-7-13(21-3)8-6-12)11-18-16-17-10-9-15(19-16)22-4/h5-10,14H,11H2,1-4H3,(H,17,18,19). The maximum Gasteiger partial charge on any atom is 0.226 e. The molecule has 2 aromatic rings. The van der Waals surface area contributed by atoms with E-state index in [9.17, 15) is 0 Å². The average Bonchev–Trinajstić information content (AvgIpc) is 2.55. The van der Waals surface area contributed by atoms with Gasteiger partial charge in [-0.05, 0) is 31.8 Å². The maximum atomic E-state index is 5.20. The molecule has 1 atom stereocenters. The van der Waals surface area contributed by atoms with Crippen LogP contribution in [0.2, 0.25) is 0 Å². The fourth-order valence-corrected chi connectivity index (χ4v) is 2.15. The number of aromatic nitrogens is 2. The van der Waals surface area contributed by atoms with E-state index in [-0.39, 0.29) is 6.04 Å². The van der Waals surface area contributed by atoms with Gasteiger partial charge < -0.3 is 19.7 Å². The van der Waals surface area contributed by atoms with Crippen LogP contribution in [-0.4, -0.2) is 49.7 Å². The van der Waals surface area contributed by atoms with E-state index in [1.54, 1.807) is 26.5 Å². The normalized spacial score (nSPS) is 12.0. The number of benzene rings is 1. The minimum Gasteiger partial charge on any atom is -0.497 e. The lowest BCUT2D eigenvalue weighted by Gasteiger charge is -2.25. The first kappa shape index (κ1) is 16.0. The summed E-state index contributed by atoms with van der Waals surface area (Å²) in [6.45, 7) is 0.687. The Labute approximate surface area is 131 Å². The van der Waals surface area contributed by atoms with E-state index < -0.39 is 0 Å². The van der Waals surface area contributed by atoms with Crippen LogP contribution in [0.3, 0.4) is 0 Å². The summed E-state index contributed by atoms with van der Waals surface area (Å²) in [6, 6.07) is 9.98. The first-order chi connectivity index (χ1) is 10.6. The van der Waals surface area contributed by atoms with Crippen LogP contribution in [-0.2, 0) is 0 Å². The van der Waals surface area contributed by atoms with E-state index in [0.29, 0.717) is 18.4 Å². The number of hydrogen-bond donors (Lipinski definition) is 1. The lowest BCUT2D eigenvalue weighted by Crippen LogP contribution is -2.27. The molecule has 0 saturated carbocycles. The molecule has 1 aromatic heterocycles. The van der Waals surface area contributed by atoms with Gasteiger partial charge in [0.15, 0.2) is 0 Å². The third-order valence-corrected chi connectivity index (χ3v) is 3.42. The number of nitrogens with zero attached hydrogens (tertiary/aromatic N) is 3. The quantitative estimate of drug-likeness (QED) is 0.846. The summed E-state index contributed by atoms with van der Waals surface area (Å²) in [5.74, 6) is 1.95. The zero-order chi connectivity index (χ0) is 15.9. The van der Waals surface area contributed by atoms with Crippen molar-refractivity contribution in [3.63, 3.8) is 0 Å². The molecule has 2 rings (SSSR count). The smallest absolute Gasteiger partial charge is 0.226 e. The van der Waals surface area contributed by atoms with Gasteiger partial charge in [-0.2, -0.15) is 4.98 Å². The molecule has 0 aliphatic heterocycles. The van der Waals surface area contributed by atoms with Crippen molar-refractivity contribution >= 4 is 5.95 Å². The third kappa shape index (κ3) is 4.08. The fourth-order valence-electron chi connectivity index (χ4n) is 2.15. The molecule has 0 spiro atoms. The van der Waals surface area contributed by atoms with Gasteiger partial charge in [-0.25, -0.2) is 4.98 Å². The van der Waals surface area contributed by atoms with Crippen molar-refractivity contribution in [1.82, 2.24) is 14.9 Å². The van der Waals surface area contributed by atoms with Crippen LogP contribution in [0.1, 0.15) is 11.6 Å². The van der Waals surface area contributed by atoms with E-state index in [4.69, 9.17) is 9.47 Å². The summed E-state index contributed by atoms with van der Waals surface area (Å²) in [5.41, 5.74) is 1.20. The number of methoxy groups -OCH3 is 2. The minimum absolute atomic E-state index is 0.195. The van der Waals surface area contributed by atoms with E-state index >= 15 is 0 Å². The Kier molecular flexibility index (Phi) is 5.55. The first-order valence-electron chi connectivity index (χ1n) is 7.05. The number of hydrogen-bond acceptors (Lipinski definition) is 6. The van der Waals surface area contributed by atoms with Crippen LogP contribution in [0.5, 0.6) is 11.6 Å². The molecule has 0 fully saturated rings. The van der Waals surface area contributed by atoms with Crippen molar-refractivity contribution in [3.8, 4) is 11.6 Å². The molecule has 0 aliphatic carbocycles. The molecule has 0 bridgehead atoms. The topological polar surface area (TPSA) is 59.5 Å². The van der Waals surface area contributed by atoms with Gasteiger partial charge >= 0.3 is 0 Å². The zero-order valence-electron chi connectivity index (χ0n) is 13.4. The van der Waals surface area contributed by atoms with Crippen LogP contribution >= 0.6 is 0 Å². The van der Waals surface area contributed by atoms with Gasteiger partial charge in [-0.1, -0.05) is 12.1 Å². The van der Waals surface area contributed by atoms with Gasteiger partial charge in [0.2, 0.25) is 11.8 Å². The highest BCUT2D eigenvalue weighted by Gasteiger charge is 2.14. The van der Waals surface area contributed by atoms with E-state index in [1.165, 1.54) is 5.56 Å². The zero-order valence-corrected chi connectivity index (χ0v) is 13.4. The molecule has 6 nitrogen and oxygen atoms in total. The molecule has 1 unspecified atom stereocenters. The molecule has 1 heterocycles. The number of ether oxygens (including phenoxy) is 2. The Hall–Kier alpha value is -2.34. The van der Waals surface area contributed by atoms with Crippen molar-refractivity contribution in [2.24, 2.45) is 0 Å². The number of rotatable bonds is 7. The average molecular weight is 302 g/mol. The van der Waals surface area contributed by atoms with E-state index in [2.05, 4.69) is 32.3 Å². The van der Waals surface area contributed by atoms with Crippen molar-refractivity contribution < 1.29 is 9.47 Å². The van der Waals surface area contributed by atoms with Gasteiger partial charge in [0, 0.05) is 18.8 Å². The Morgan fingerprint density at radius 2 is 1.82 bits per heavy atom. The van der Waals surface area contributed by atoms with Gasteiger partial charge in [0.1, 0.15) is 5.75 Å². The molecule has 0 saturated heterocycles. The largest absolute Gasteiger partial charge is 0.497 e. The summed E-state index contributed by atoms with van der Waals surface area (Å²) in [4.78, 5) is 10.6. The molecular weight excluding hydrogens is 280 g/mol. The first-order valence-corrected chi connectivity index (χ1v) is 7.05. The van der Waals surface area contributed by atoms with Gasteiger partial charge in [0.25, 0.3) is 0 Å². The van der Waals surface area contributed by atoms with Gasteiger partial charge in [-0.15, -0.1) is 0 Å². The monoisotopic (exact) mass is 302 g/mol. The fraction of sp³-hybridized carbons (Fsp3) is 0.375. The summed E-state index contributed by atoms with van der Waals surface area (Å²) < 4.78 is 10.3. The second-order valence-electron chi connectivity index (χ2n) is 5.06. The van der Waals surface area contributed by atoms with Crippen LogP contribution in [0, 0.1) is 0 Å². The van der Waals surface area contributed by atoms with Gasteiger partial charge in [0.05, 0.1) is 20.3 Å². The summed E-state index contributed by atoms with van der Waals surface area (Å²) in [7, 11) is 7.35. The molecule has 1 N–H and O–H groups in total. The molecule has 0 aliphatic rings. The number of likely N-dealkylation sites (N-methyl/N-ethyl adjacent to an activating group) is 1. The Morgan fingerprint density at radius 3 is 2.41 bits per heavy atom. The van der Waals surface area contributed by atoms with Crippen molar-refractivity contribution in [2.45, 2.75) is 6.04 Å². The van der Waals surface area contributed by atoms with Crippen LogP contribution in [0.15, 0.2) is 36.5 Å². The number of anilines is 1. The van der Waals surface area contributed by atoms with Crippen molar-refractivity contribution in [3.05, 3.63) is 42.1 Å². The second kappa shape index (κ2) is 7.61. The Bertz CT molecular complexity index is 587. The Morgan fingerprint density at radius 1 is 1.09 bits per heavy atom. The molecule has 118 valence electrons. The lowest BCUT2D eigenvalue weighted by atomic mass is 10.1. The number of nitrogens with one attached hydrogen (secondary N) is 1. The van der Waals surface area contributed by atoms with Crippen molar-refractivity contribution in [2.75, 3.05) is 40.2 Å². The molecular formula is C16H22N4O2. The SMILES string of the molecule is COc1ccc(C(CNc2nccc(OC)n2)N(C)C)cc1.